The second kappa shape index (κ2) is 2.88. The van der Waals surface area contributed by atoms with Crippen LogP contribution in [0.25, 0.3) is 0 Å². The number of ether oxygens (including phenoxy) is 1. The molecule has 0 amide bonds. The number of aromatic hydroxyl groups is 1. The highest BCUT2D eigenvalue weighted by Crippen LogP contribution is 2.38. The van der Waals surface area contributed by atoms with Crippen LogP contribution in [0.1, 0.15) is 18.0 Å². The molecule has 3 N–H and O–H groups in total. The van der Waals surface area contributed by atoms with Crippen molar-refractivity contribution in [1.29, 1.82) is 0 Å². The van der Waals surface area contributed by atoms with Gasteiger partial charge in [0, 0.05) is 12.5 Å². The van der Waals surface area contributed by atoms with E-state index in [1.165, 1.54) is 12.1 Å². The highest BCUT2D eigenvalue weighted by Gasteiger charge is 2.23. The van der Waals surface area contributed by atoms with Gasteiger partial charge in [0.05, 0.1) is 12.2 Å². The van der Waals surface area contributed by atoms with E-state index in [9.17, 15) is 9.50 Å². The summed E-state index contributed by atoms with van der Waals surface area (Å²) < 4.78 is 18.1. The van der Waals surface area contributed by atoms with Gasteiger partial charge in [-0.15, -0.1) is 0 Å². The molecule has 1 unspecified atom stereocenters. The number of halogens is 1. The van der Waals surface area contributed by atoms with E-state index in [0.717, 1.165) is 0 Å². The number of rotatable bonds is 0. The van der Waals surface area contributed by atoms with Crippen molar-refractivity contribution in [3.8, 4) is 11.5 Å². The molecule has 1 aromatic rings. The summed E-state index contributed by atoms with van der Waals surface area (Å²) >= 11 is 0. The molecule has 0 radical (unpaired) electrons. The van der Waals surface area contributed by atoms with Crippen LogP contribution >= 0.6 is 0 Å². The molecule has 2 rings (SSSR count). The molecular formula is C9H10FNO2. The second-order valence-electron chi connectivity index (χ2n) is 3.05. The first-order valence-electron chi connectivity index (χ1n) is 4.10. The number of phenolic OH excluding ortho intramolecular Hbond substituents is 1. The molecule has 0 fully saturated rings. The Kier molecular flexibility index (Phi) is 1.84. The molecule has 1 heterocycles. The summed E-state index contributed by atoms with van der Waals surface area (Å²) in [6.45, 7) is 0.513. The summed E-state index contributed by atoms with van der Waals surface area (Å²) in [5, 5.41) is 9.38. The van der Waals surface area contributed by atoms with Gasteiger partial charge in [0.25, 0.3) is 0 Å². The fourth-order valence-electron chi connectivity index (χ4n) is 1.49. The highest BCUT2D eigenvalue weighted by molar-refractivity contribution is 5.47. The molecule has 13 heavy (non-hydrogen) atoms. The first-order chi connectivity index (χ1) is 6.20. The van der Waals surface area contributed by atoms with Gasteiger partial charge in [-0.3, -0.25) is 0 Å². The lowest BCUT2D eigenvalue weighted by Gasteiger charge is -2.23. The van der Waals surface area contributed by atoms with Crippen molar-refractivity contribution < 1.29 is 14.2 Å². The maximum Gasteiger partial charge on any atom is 0.165 e. The average Bonchev–Trinajstić information content (AvgIpc) is 2.12. The first-order valence-corrected chi connectivity index (χ1v) is 4.10. The molecular weight excluding hydrogens is 173 g/mol. The monoisotopic (exact) mass is 183 g/mol. The number of hydrogen-bond donors (Lipinski definition) is 2. The molecule has 1 aliphatic rings. The van der Waals surface area contributed by atoms with E-state index in [-0.39, 0.29) is 11.8 Å². The fourth-order valence-corrected chi connectivity index (χ4v) is 1.49. The van der Waals surface area contributed by atoms with Gasteiger partial charge >= 0.3 is 0 Å². The van der Waals surface area contributed by atoms with Gasteiger partial charge in [-0.25, -0.2) is 4.39 Å². The maximum absolute atomic E-state index is 12.9. The Bertz CT molecular complexity index is 341. The third kappa shape index (κ3) is 1.23. The minimum absolute atomic E-state index is 0.334. The summed E-state index contributed by atoms with van der Waals surface area (Å²) in [6, 6.07) is 2.33. The standard InChI is InChI=1S/C9H10FNO2/c10-5-1-2-7-8(9(5)12)6(11)3-4-13-7/h1-2,6,12H,3-4,11H2. The Morgan fingerprint density at radius 2 is 2.31 bits per heavy atom. The van der Waals surface area contributed by atoms with E-state index >= 15 is 0 Å². The zero-order valence-electron chi connectivity index (χ0n) is 6.96. The lowest BCUT2D eigenvalue weighted by Crippen LogP contribution is -2.20. The number of phenols is 1. The van der Waals surface area contributed by atoms with Crippen LogP contribution in [0.15, 0.2) is 12.1 Å². The molecule has 1 aliphatic heterocycles. The number of hydrogen-bond acceptors (Lipinski definition) is 3. The van der Waals surface area contributed by atoms with Crippen LogP contribution in [-0.4, -0.2) is 11.7 Å². The predicted octanol–water partition coefficient (Wildman–Crippen LogP) is 1.31. The second-order valence-corrected chi connectivity index (χ2v) is 3.05. The van der Waals surface area contributed by atoms with Crippen molar-refractivity contribution in [2.45, 2.75) is 12.5 Å². The molecule has 0 spiro atoms. The van der Waals surface area contributed by atoms with Crippen LogP contribution in [-0.2, 0) is 0 Å². The summed E-state index contributed by atoms with van der Waals surface area (Å²) in [7, 11) is 0. The molecule has 1 aromatic carbocycles. The van der Waals surface area contributed by atoms with Crippen molar-refractivity contribution in [3.05, 3.63) is 23.5 Å². The van der Waals surface area contributed by atoms with Crippen molar-refractivity contribution in [1.82, 2.24) is 0 Å². The summed E-state index contributed by atoms with van der Waals surface area (Å²) in [4.78, 5) is 0. The van der Waals surface area contributed by atoms with Crippen molar-refractivity contribution in [3.63, 3.8) is 0 Å². The minimum Gasteiger partial charge on any atom is -0.504 e. The Hall–Kier alpha value is -1.29. The minimum atomic E-state index is -0.653. The molecule has 0 saturated carbocycles. The molecule has 3 nitrogen and oxygen atoms in total. The molecule has 4 heteroatoms. The largest absolute Gasteiger partial charge is 0.504 e. The van der Waals surface area contributed by atoms with Crippen molar-refractivity contribution >= 4 is 0 Å². The summed E-state index contributed by atoms with van der Waals surface area (Å²) in [5.74, 6) is -0.554. The Labute approximate surface area is 74.9 Å². The van der Waals surface area contributed by atoms with Crippen molar-refractivity contribution in [2.75, 3.05) is 6.61 Å². The molecule has 0 bridgehead atoms. The molecule has 70 valence electrons. The third-order valence-electron chi connectivity index (χ3n) is 2.19. The van der Waals surface area contributed by atoms with Crippen LogP contribution in [0, 0.1) is 5.82 Å². The van der Waals surface area contributed by atoms with Gasteiger partial charge in [0.15, 0.2) is 11.6 Å². The summed E-state index contributed by atoms with van der Waals surface area (Å²) in [6.07, 6.45) is 0.601. The SMILES string of the molecule is NC1CCOc2ccc(F)c(O)c21. The third-order valence-corrected chi connectivity index (χ3v) is 2.19. The zero-order valence-corrected chi connectivity index (χ0v) is 6.96. The van der Waals surface area contributed by atoms with Gasteiger partial charge in [-0.2, -0.15) is 0 Å². The highest BCUT2D eigenvalue weighted by atomic mass is 19.1. The Morgan fingerprint density at radius 1 is 1.54 bits per heavy atom. The molecule has 0 aromatic heterocycles. The van der Waals surface area contributed by atoms with Crippen LogP contribution in [0.5, 0.6) is 11.5 Å². The van der Waals surface area contributed by atoms with Gasteiger partial charge in [-0.1, -0.05) is 0 Å². The summed E-state index contributed by atoms with van der Waals surface area (Å²) in [5.41, 5.74) is 6.09. The number of fused-ring (bicyclic) bond motifs is 1. The zero-order chi connectivity index (χ0) is 9.42. The maximum atomic E-state index is 12.9. The van der Waals surface area contributed by atoms with E-state index in [4.69, 9.17) is 10.5 Å². The van der Waals surface area contributed by atoms with Gasteiger partial charge in [0.2, 0.25) is 0 Å². The van der Waals surface area contributed by atoms with E-state index in [0.29, 0.717) is 24.3 Å². The first kappa shape index (κ1) is 8.31. The van der Waals surface area contributed by atoms with E-state index in [1.54, 1.807) is 0 Å². The van der Waals surface area contributed by atoms with Gasteiger partial charge < -0.3 is 15.6 Å². The van der Waals surface area contributed by atoms with Crippen LogP contribution in [0.3, 0.4) is 0 Å². The Balaban J connectivity index is 2.58. The smallest absolute Gasteiger partial charge is 0.165 e. The van der Waals surface area contributed by atoms with Crippen LogP contribution in [0.2, 0.25) is 0 Å². The Morgan fingerprint density at radius 3 is 3.08 bits per heavy atom. The quantitative estimate of drug-likeness (QED) is 0.637. The lowest BCUT2D eigenvalue weighted by atomic mass is 10.0. The molecule has 0 aliphatic carbocycles. The van der Waals surface area contributed by atoms with Gasteiger partial charge in [0.1, 0.15) is 5.75 Å². The fraction of sp³-hybridized carbons (Fsp3) is 0.333. The number of benzene rings is 1. The molecule has 1 atom stereocenters. The number of nitrogens with two attached hydrogens (primary N) is 1. The average molecular weight is 183 g/mol. The van der Waals surface area contributed by atoms with E-state index < -0.39 is 5.82 Å². The lowest BCUT2D eigenvalue weighted by molar-refractivity contribution is 0.261. The topological polar surface area (TPSA) is 55.5 Å². The van der Waals surface area contributed by atoms with E-state index in [1.807, 2.05) is 0 Å². The van der Waals surface area contributed by atoms with Crippen LogP contribution in [0.4, 0.5) is 4.39 Å². The van der Waals surface area contributed by atoms with Crippen molar-refractivity contribution in [2.24, 2.45) is 5.73 Å². The van der Waals surface area contributed by atoms with E-state index in [2.05, 4.69) is 0 Å². The van der Waals surface area contributed by atoms with Gasteiger partial charge in [-0.05, 0) is 12.1 Å². The van der Waals surface area contributed by atoms with Crippen LogP contribution < -0.4 is 10.5 Å². The molecule has 0 saturated heterocycles. The normalized spacial score (nSPS) is 20.6. The predicted molar refractivity (Wildman–Crippen MR) is 45.1 cm³/mol.